The van der Waals surface area contributed by atoms with Crippen molar-refractivity contribution in [3.8, 4) is 5.75 Å². The van der Waals surface area contributed by atoms with Crippen LogP contribution in [0, 0.1) is 6.92 Å². The largest absolute Gasteiger partial charge is 0.507 e. The first kappa shape index (κ1) is 16.9. The van der Waals surface area contributed by atoms with Gasteiger partial charge in [0.15, 0.2) is 0 Å². The van der Waals surface area contributed by atoms with Crippen LogP contribution < -0.4 is 5.73 Å². The standard InChI is InChI=1S/C17H15N3O4S/c1-10-8-14-13(16(21)9-10)6-7-15(17(14)25(22,23)24)20-19-12-4-2-11(18)3-5-12/h2-9,21H,18H2,1H3,(H,22,23,24). The molecule has 0 unspecified atom stereocenters. The monoisotopic (exact) mass is 357 g/mol. The van der Waals surface area contributed by atoms with Crippen LogP contribution in [0.2, 0.25) is 0 Å². The summed E-state index contributed by atoms with van der Waals surface area (Å²) in [6.45, 7) is 1.70. The van der Waals surface area contributed by atoms with Gasteiger partial charge >= 0.3 is 0 Å². The van der Waals surface area contributed by atoms with E-state index in [1.807, 2.05) is 0 Å². The Bertz CT molecular complexity index is 1090. The zero-order chi connectivity index (χ0) is 18.2. The second-order valence-corrected chi connectivity index (χ2v) is 6.92. The highest BCUT2D eigenvalue weighted by molar-refractivity contribution is 7.86. The molecule has 25 heavy (non-hydrogen) atoms. The van der Waals surface area contributed by atoms with E-state index in [9.17, 15) is 18.1 Å². The number of phenols is 1. The Morgan fingerprint density at radius 3 is 2.28 bits per heavy atom. The molecule has 0 amide bonds. The maximum atomic E-state index is 11.9. The highest BCUT2D eigenvalue weighted by atomic mass is 32.2. The normalized spacial score (nSPS) is 12.1. The van der Waals surface area contributed by atoms with Crippen molar-refractivity contribution in [2.45, 2.75) is 11.8 Å². The summed E-state index contributed by atoms with van der Waals surface area (Å²) in [7, 11) is -4.59. The number of hydrogen-bond acceptors (Lipinski definition) is 6. The molecule has 0 fully saturated rings. The summed E-state index contributed by atoms with van der Waals surface area (Å²) < 4.78 is 33.5. The lowest BCUT2D eigenvalue weighted by atomic mass is 10.1. The molecule has 0 saturated heterocycles. The smallest absolute Gasteiger partial charge is 0.297 e. The van der Waals surface area contributed by atoms with Gasteiger partial charge in [-0.05, 0) is 61.0 Å². The van der Waals surface area contributed by atoms with E-state index in [1.54, 1.807) is 37.3 Å². The van der Waals surface area contributed by atoms with E-state index in [0.29, 0.717) is 22.3 Å². The molecule has 3 rings (SSSR count). The number of nitrogens with two attached hydrogens (primary N) is 1. The molecule has 7 nitrogen and oxygen atoms in total. The van der Waals surface area contributed by atoms with Crippen LogP contribution in [0.5, 0.6) is 5.75 Å². The topological polar surface area (TPSA) is 125 Å². The van der Waals surface area contributed by atoms with Gasteiger partial charge in [0.25, 0.3) is 10.1 Å². The van der Waals surface area contributed by atoms with E-state index in [0.717, 1.165) is 0 Å². The van der Waals surface area contributed by atoms with Crippen LogP contribution in [-0.4, -0.2) is 18.1 Å². The van der Waals surface area contributed by atoms with Crippen LogP contribution in [0.1, 0.15) is 5.56 Å². The van der Waals surface area contributed by atoms with E-state index in [1.165, 1.54) is 18.2 Å². The van der Waals surface area contributed by atoms with E-state index < -0.39 is 15.0 Å². The quantitative estimate of drug-likeness (QED) is 0.370. The minimum absolute atomic E-state index is 0.0307. The fourth-order valence-electron chi connectivity index (χ4n) is 2.52. The molecule has 0 aromatic heterocycles. The average Bonchev–Trinajstić information content (AvgIpc) is 2.52. The van der Waals surface area contributed by atoms with Gasteiger partial charge in [0.2, 0.25) is 0 Å². The van der Waals surface area contributed by atoms with Gasteiger partial charge in [0.1, 0.15) is 16.3 Å². The van der Waals surface area contributed by atoms with E-state index in [-0.39, 0.29) is 16.8 Å². The molecule has 0 aliphatic rings. The molecule has 0 aliphatic carbocycles. The molecule has 128 valence electrons. The van der Waals surface area contributed by atoms with Crippen molar-refractivity contribution in [1.29, 1.82) is 0 Å². The average molecular weight is 357 g/mol. The summed E-state index contributed by atoms with van der Waals surface area (Å²) >= 11 is 0. The van der Waals surface area contributed by atoms with Crippen molar-refractivity contribution >= 4 is 38.0 Å². The van der Waals surface area contributed by atoms with E-state index in [2.05, 4.69) is 10.2 Å². The van der Waals surface area contributed by atoms with Gasteiger partial charge in [-0.25, -0.2) is 0 Å². The van der Waals surface area contributed by atoms with Crippen molar-refractivity contribution in [3.05, 3.63) is 54.1 Å². The van der Waals surface area contributed by atoms with Crippen molar-refractivity contribution in [2.75, 3.05) is 5.73 Å². The SMILES string of the molecule is Cc1cc(O)c2ccc(N=Nc3ccc(N)cc3)c(S(=O)(=O)O)c2c1. The number of fused-ring (bicyclic) bond motifs is 1. The molecular weight excluding hydrogens is 342 g/mol. The Labute approximate surface area is 144 Å². The molecule has 0 atom stereocenters. The predicted octanol–water partition coefficient (Wildman–Crippen LogP) is 4.10. The molecule has 8 heteroatoms. The number of anilines is 1. The molecule has 3 aromatic rings. The molecule has 0 aliphatic heterocycles. The zero-order valence-electron chi connectivity index (χ0n) is 13.2. The maximum Gasteiger partial charge on any atom is 0.297 e. The summed E-state index contributed by atoms with van der Waals surface area (Å²) in [5.41, 5.74) is 7.25. The zero-order valence-corrected chi connectivity index (χ0v) is 14.0. The highest BCUT2D eigenvalue weighted by Crippen LogP contribution is 2.37. The lowest BCUT2D eigenvalue weighted by Gasteiger charge is -2.09. The predicted molar refractivity (Wildman–Crippen MR) is 95.2 cm³/mol. The molecule has 0 heterocycles. The van der Waals surface area contributed by atoms with E-state index >= 15 is 0 Å². The third kappa shape index (κ3) is 3.44. The van der Waals surface area contributed by atoms with Crippen LogP contribution >= 0.6 is 0 Å². The van der Waals surface area contributed by atoms with Crippen LogP contribution in [0.3, 0.4) is 0 Å². The third-order valence-corrected chi connectivity index (χ3v) is 4.56. The first-order chi connectivity index (χ1) is 11.8. The third-order valence-electron chi connectivity index (χ3n) is 3.61. The Hall–Kier alpha value is -2.97. The number of hydrogen-bond donors (Lipinski definition) is 3. The van der Waals surface area contributed by atoms with Gasteiger partial charge in [-0.3, -0.25) is 4.55 Å². The molecule has 0 spiro atoms. The lowest BCUT2D eigenvalue weighted by Crippen LogP contribution is -2.00. The summed E-state index contributed by atoms with van der Waals surface area (Å²) in [4.78, 5) is -0.400. The van der Waals surface area contributed by atoms with Crippen LogP contribution in [0.25, 0.3) is 10.8 Å². The fourth-order valence-corrected chi connectivity index (χ4v) is 3.34. The Balaban J connectivity index is 2.23. The van der Waals surface area contributed by atoms with Gasteiger partial charge in [0, 0.05) is 16.5 Å². The van der Waals surface area contributed by atoms with Gasteiger partial charge in [0.05, 0.1) is 5.69 Å². The molecule has 0 saturated carbocycles. The minimum atomic E-state index is -4.59. The number of nitrogens with zero attached hydrogens (tertiary/aromatic N) is 2. The Kier molecular flexibility index (Phi) is 4.15. The highest BCUT2D eigenvalue weighted by Gasteiger charge is 2.21. The number of phenolic OH excluding ortho intramolecular Hbond substituents is 1. The Morgan fingerprint density at radius 2 is 1.64 bits per heavy atom. The first-order valence-corrected chi connectivity index (χ1v) is 8.71. The molecule has 4 N–H and O–H groups in total. The molecule has 0 radical (unpaired) electrons. The minimum Gasteiger partial charge on any atom is -0.507 e. The van der Waals surface area contributed by atoms with Gasteiger partial charge in [-0.1, -0.05) is 0 Å². The number of benzene rings is 3. The van der Waals surface area contributed by atoms with Crippen molar-refractivity contribution < 1.29 is 18.1 Å². The number of azo groups is 1. The van der Waals surface area contributed by atoms with Crippen LogP contribution in [0.4, 0.5) is 17.1 Å². The summed E-state index contributed by atoms with van der Waals surface area (Å²) in [5.74, 6) is -0.0816. The number of aromatic hydroxyl groups is 1. The summed E-state index contributed by atoms with van der Waals surface area (Å²) in [6.07, 6.45) is 0. The van der Waals surface area contributed by atoms with Gasteiger partial charge < -0.3 is 10.8 Å². The first-order valence-electron chi connectivity index (χ1n) is 7.27. The maximum absolute atomic E-state index is 11.9. The second-order valence-electron chi connectivity index (χ2n) is 5.56. The number of rotatable bonds is 3. The molecular formula is C17H15N3O4S. The lowest BCUT2D eigenvalue weighted by molar-refractivity contribution is 0.481. The van der Waals surface area contributed by atoms with Crippen molar-refractivity contribution in [2.24, 2.45) is 10.2 Å². The number of aryl methyl sites for hydroxylation is 1. The van der Waals surface area contributed by atoms with Gasteiger partial charge in [-0.15, -0.1) is 5.11 Å². The summed E-state index contributed by atoms with van der Waals surface area (Å²) in [6, 6.07) is 12.5. The number of nitrogen functional groups attached to an aromatic ring is 1. The fraction of sp³-hybridized carbons (Fsp3) is 0.0588. The van der Waals surface area contributed by atoms with Crippen LogP contribution in [-0.2, 0) is 10.1 Å². The van der Waals surface area contributed by atoms with Crippen molar-refractivity contribution in [3.63, 3.8) is 0 Å². The van der Waals surface area contributed by atoms with Crippen LogP contribution in [0.15, 0.2) is 63.7 Å². The summed E-state index contributed by atoms with van der Waals surface area (Å²) in [5, 5.41) is 18.4. The molecule has 3 aromatic carbocycles. The second kappa shape index (κ2) is 6.15. The molecule has 0 bridgehead atoms. The van der Waals surface area contributed by atoms with Crippen molar-refractivity contribution in [1.82, 2.24) is 0 Å². The van der Waals surface area contributed by atoms with E-state index in [4.69, 9.17) is 5.73 Å². The Morgan fingerprint density at radius 1 is 0.960 bits per heavy atom. The van der Waals surface area contributed by atoms with Gasteiger partial charge in [-0.2, -0.15) is 13.5 Å².